The molecule has 0 fully saturated rings. The highest BCUT2D eigenvalue weighted by atomic mass is 35.5. The summed E-state index contributed by atoms with van der Waals surface area (Å²) in [6, 6.07) is 10.6. The average Bonchev–Trinajstić information content (AvgIpc) is 3.10. The normalized spacial score (nSPS) is 13.8. The van der Waals surface area contributed by atoms with Gasteiger partial charge in [-0.05, 0) is 54.7 Å². The van der Waals surface area contributed by atoms with E-state index in [4.69, 9.17) is 11.6 Å². The maximum absolute atomic E-state index is 5.94. The van der Waals surface area contributed by atoms with Crippen LogP contribution in [0.2, 0.25) is 0 Å². The number of hydrogen-bond acceptors (Lipinski definition) is 2. The van der Waals surface area contributed by atoms with Gasteiger partial charge in [-0.2, -0.15) is 0 Å². The lowest BCUT2D eigenvalue weighted by Crippen LogP contribution is -2.03. The van der Waals surface area contributed by atoms with Crippen LogP contribution in [0, 0.1) is 0 Å². The van der Waals surface area contributed by atoms with Crippen molar-refractivity contribution in [3.8, 4) is 5.69 Å². The van der Waals surface area contributed by atoms with Crippen LogP contribution in [0.5, 0.6) is 0 Å². The molecule has 0 N–H and O–H groups in total. The molecule has 0 bridgehead atoms. The summed E-state index contributed by atoms with van der Waals surface area (Å²) >= 11 is 5.94. The Morgan fingerprint density at radius 1 is 1.14 bits per heavy atom. The van der Waals surface area contributed by atoms with Gasteiger partial charge in [0.05, 0.1) is 0 Å². The van der Waals surface area contributed by atoms with Gasteiger partial charge in [-0.1, -0.05) is 6.07 Å². The van der Waals surface area contributed by atoms with Gasteiger partial charge in [-0.15, -0.1) is 11.6 Å². The van der Waals surface area contributed by atoms with Gasteiger partial charge in [-0.3, -0.25) is 4.57 Å². The molecule has 106 valence electrons. The zero-order chi connectivity index (χ0) is 14.2. The largest absolute Gasteiger partial charge is 0.281 e. The monoisotopic (exact) mass is 297 g/mol. The first-order valence-corrected chi connectivity index (χ1v) is 7.91. The zero-order valence-electron chi connectivity index (χ0n) is 11.7. The van der Waals surface area contributed by atoms with E-state index in [9.17, 15) is 0 Å². The fourth-order valence-electron chi connectivity index (χ4n) is 3.18. The molecule has 4 heteroatoms. The van der Waals surface area contributed by atoms with Crippen molar-refractivity contribution in [2.75, 3.05) is 5.88 Å². The lowest BCUT2D eigenvalue weighted by Gasteiger charge is -2.10. The first-order valence-electron chi connectivity index (χ1n) is 7.37. The van der Waals surface area contributed by atoms with E-state index in [2.05, 4.69) is 32.7 Å². The van der Waals surface area contributed by atoms with Gasteiger partial charge in [0.2, 0.25) is 0 Å². The molecule has 21 heavy (non-hydrogen) atoms. The van der Waals surface area contributed by atoms with Crippen LogP contribution < -0.4 is 0 Å². The first kappa shape index (κ1) is 12.8. The zero-order valence-corrected chi connectivity index (χ0v) is 12.5. The second-order valence-corrected chi connectivity index (χ2v) is 5.83. The summed E-state index contributed by atoms with van der Waals surface area (Å²) < 4.78 is 2.15. The molecule has 0 radical (unpaired) electrons. The van der Waals surface area contributed by atoms with Crippen molar-refractivity contribution in [1.82, 2.24) is 14.5 Å². The third-order valence-corrected chi connectivity index (χ3v) is 4.33. The highest BCUT2D eigenvalue weighted by Crippen LogP contribution is 2.27. The van der Waals surface area contributed by atoms with Crippen LogP contribution in [0.1, 0.15) is 23.4 Å². The molecule has 0 saturated carbocycles. The molecular formula is C17H16ClN3. The van der Waals surface area contributed by atoms with Crippen molar-refractivity contribution in [2.24, 2.45) is 0 Å². The van der Waals surface area contributed by atoms with E-state index in [1.54, 1.807) is 0 Å². The molecule has 1 aromatic carbocycles. The molecular weight excluding hydrogens is 282 g/mol. The number of imidazole rings is 1. The summed E-state index contributed by atoms with van der Waals surface area (Å²) in [5.74, 6) is 1.55. The molecule has 4 rings (SSSR count). The summed E-state index contributed by atoms with van der Waals surface area (Å²) in [6.45, 7) is 0. The van der Waals surface area contributed by atoms with Crippen LogP contribution in [-0.4, -0.2) is 20.4 Å². The van der Waals surface area contributed by atoms with Crippen molar-refractivity contribution in [2.45, 2.75) is 25.7 Å². The van der Waals surface area contributed by atoms with Gasteiger partial charge in [0.1, 0.15) is 11.3 Å². The van der Waals surface area contributed by atoms with Crippen LogP contribution >= 0.6 is 11.6 Å². The van der Waals surface area contributed by atoms with Gasteiger partial charge in [0.15, 0.2) is 5.65 Å². The Labute approximate surface area is 128 Å². The second kappa shape index (κ2) is 5.15. The predicted octanol–water partition coefficient (Wildman–Crippen LogP) is 3.69. The van der Waals surface area contributed by atoms with E-state index in [1.165, 1.54) is 30.4 Å². The molecule has 0 saturated heterocycles. The van der Waals surface area contributed by atoms with Gasteiger partial charge >= 0.3 is 0 Å². The molecule has 0 amide bonds. The quantitative estimate of drug-likeness (QED) is 0.690. The van der Waals surface area contributed by atoms with E-state index in [0.717, 1.165) is 29.1 Å². The Morgan fingerprint density at radius 2 is 2.05 bits per heavy atom. The van der Waals surface area contributed by atoms with E-state index in [0.29, 0.717) is 5.88 Å². The number of aryl methyl sites for hydroxylation is 3. The molecule has 0 aliphatic heterocycles. The summed E-state index contributed by atoms with van der Waals surface area (Å²) in [7, 11) is 0. The molecule has 0 atom stereocenters. The van der Waals surface area contributed by atoms with E-state index in [1.807, 2.05) is 18.3 Å². The summed E-state index contributed by atoms with van der Waals surface area (Å²) in [5, 5.41) is 0. The van der Waals surface area contributed by atoms with E-state index < -0.39 is 0 Å². The minimum atomic E-state index is 0.564. The lowest BCUT2D eigenvalue weighted by molar-refractivity contribution is 0.900. The number of nitrogens with zero attached hydrogens (tertiary/aromatic N) is 3. The molecule has 3 aromatic rings. The fraction of sp³-hybridized carbons (Fsp3) is 0.294. The Bertz CT molecular complexity index is 807. The molecule has 2 aromatic heterocycles. The number of rotatable bonds is 3. The Morgan fingerprint density at radius 3 is 2.95 bits per heavy atom. The van der Waals surface area contributed by atoms with Crippen LogP contribution in [0.25, 0.3) is 16.9 Å². The minimum Gasteiger partial charge on any atom is -0.281 e. The summed E-state index contributed by atoms with van der Waals surface area (Å²) in [4.78, 5) is 9.20. The molecule has 0 spiro atoms. The number of alkyl halides is 1. The third-order valence-electron chi connectivity index (χ3n) is 4.14. The Hall–Kier alpha value is -1.87. The highest BCUT2D eigenvalue weighted by Gasteiger charge is 2.16. The number of benzene rings is 1. The van der Waals surface area contributed by atoms with Crippen LogP contribution in [0.4, 0.5) is 0 Å². The maximum Gasteiger partial charge on any atom is 0.164 e. The summed E-state index contributed by atoms with van der Waals surface area (Å²) in [5.41, 5.74) is 5.93. The van der Waals surface area contributed by atoms with Gasteiger partial charge in [-0.25, -0.2) is 9.97 Å². The van der Waals surface area contributed by atoms with Crippen molar-refractivity contribution >= 4 is 22.8 Å². The van der Waals surface area contributed by atoms with Crippen molar-refractivity contribution in [1.29, 1.82) is 0 Å². The number of aromatic nitrogens is 3. The van der Waals surface area contributed by atoms with Crippen molar-refractivity contribution in [3.05, 3.63) is 53.5 Å². The topological polar surface area (TPSA) is 30.7 Å². The molecule has 0 unspecified atom stereocenters. The minimum absolute atomic E-state index is 0.564. The third kappa shape index (κ3) is 2.12. The first-order chi connectivity index (χ1) is 10.4. The fourth-order valence-corrected chi connectivity index (χ4v) is 3.35. The van der Waals surface area contributed by atoms with E-state index >= 15 is 0 Å². The van der Waals surface area contributed by atoms with E-state index in [-0.39, 0.29) is 0 Å². The molecule has 1 aliphatic rings. The molecule has 3 nitrogen and oxygen atoms in total. The number of halogens is 1. The number of pyridine rings is 1. The maximum atomic E-state index is 5.94. The summed E-state index contributed by atoms with van der Waals surface area (Å²) in [6.07, 6.45) is 6.20. The average molecular weight is 298 g/mol. The smallest absolute Gasteiger partial charge is 0.164 e. The van der Waals surface area contributed by atoms with Gasteiger partial charge in [0, 0.05) is 24.2 Å². The standard InChI is InChI=1S/C17H16ClN3/c18-9-8-16-20-15-5-2-10-19-17(15)21(16)14-7-6-12-3-1-4-13(12)11-14/h2,5-7,10-11H,1,3-4,8-9H2. The predicted molar refractivity (Wildman–Crippen MR) is 85.3 cm³/mol. The van der Waals surface area contributed by atoms with Gasteiger partial charge < -0.3 is 0 Å². The van der Waals surface area contributed by atoms with Crippen LogP contribution in [0.3, 0.4) is 0 Å². The van der Waals surface area contributed by atoms with Gasteiger partial charge in [0.25, 0.3) is 0 Å². The highest BCUT2D eigenvalue weighted by molar-refractivity contribution is 6.17. The lowest BCUT2D eigenvalue weighted by atomic mass is 10.1. The Balaban J connectivity index is 1.94. The van der Waals surface area contributed by atoms with Crippen molar-refractivity contribution < 1.29 is 0 Å². The molecule has 1 aliphatic carbocycles. The SMILES string of the molecule is ClCCc1nc2cccnc2n1-c1ccc2c(c1)CCC2. The van der Waals surface area contributed by atoms with Crippen molar-refractivity contribution in [3.63, 3.8) is 0 Å². The number of fused-ring (bicyclic) bond motifs is 2. The molecule has 2 heterocycles. The Kier molecular flexibility index (Phi) is 3.15. The van der Waals surface area contributed by atoms with Crippen LogP contribution in [0.15, 0.2) is 36.5 Å². The van der Waals surface area contributed by atoms with Crippen LogP contribution in [-0.2, 0) is 19.3 Å². The number of hydrogen-bond donors (Lipinski definition) is 0. The second-order valence-electron chi connectivity index (χ2n) is 5.46.